The van der Waals surface area contributed by atoms with E-state index in [1.54, 1.807) is 7.05 Å². The van der Waals surface area contributed by atoms with Crippen molar-refractivity contribution < 1.29 is 9.59 Å². The van der Waals surface area contributed by atoms with Crippen molar-refractivity contribution in [1.29, 1.82) is 0 Å². The van der Waals surface area contributed by atoms with Crippen molar-refractivity contribution in [2.24, 2.45) is 17.4 Å². The number of nitrogens with one attached hydrogen (secondary N) is 2. The molecule has 2 unspecified atom stereocenters. The molecule has 0 aliphatic heterocycles. The van der Waals surface area contributed by atoms with Crippen LogP contribution >= 0.6 is 0 Å². The van der Waals surface area contributed by atoms with Crippen molar-refractivity contribution in [2.45, 2.75) is 56.1 Å². The highest BCUT2D eigenvalue weighted by Gasteiger charge is 2.51. The molecular weight excluding hydrogens is 244 g/mol. The standard InChI is InChI=1S/C13H24N4O2/c1-16-10(11(14)18)6-7-13(12(15)19,8-2-3-8)17-9-4-5-9/h8-10,16-17H,2-7H2,1H3,(H2,14,18)(H2,15,19). The lowest BCUT2D eigenvalue weighted by Crippen LogP contribution is -2.59. The molecule has 2 aliphatic carbocycles. The Kier molecular flexibility index (Phi) is 4.10. The molecule has 6 N–H and O–H groups in total. The van der Waals surface area contributed by atoms with Gasteiger partial charge in [0.2, 0.25) is 11.8 Å². The van der Waals surface area contributed by atoms with Crippen LogP contribution in [0.2, 0.25) is 0 Å². The van der Waals surface area contributed by atoms with Gasteiger partial charge in [-0.15, -0.1) is 0 Å². The first kappa shape index (κ1) is 14.3. The number of rotatable bonds is 9. The van der Waals surface area contributed by atoms with E-state index < -0.39 is 11.6 Å². The van der Waals surface area contributed by atoms with Gasteiger partial charge in [-0.1, -0.05) is 0 Å². The lowest BCUT2D eigenvalue weighted by Gasteiger charge is -2.33. The van der Waals surface area contributed by atoms with E-state index in [-0.39, 0.29) is 11.8 Å². The average molecular weight is 268 g/mol. The Morgan fingerprint density at radius 3 is 2.26 bits per heavy atom. The third-order valence-electron chi connectivity index (χ3n) is 4.27. The molecule has 0 bridgehead atoms. The Morgan fingerprint density at radius 2 is 1.89 bits per heavy atom. The third kappa shape index (κ3) is 3.25. The molecule has 2 saturated carbocycles. The van der Waals surface area contributed by atoms with Gasteiger partial charge in [-0.05, 0) is 51.5 Å². The predicted molar refractivity (Wildman–Crippen MR) is 72.1 cm³/mol. The van der Waals surface area contributed by atoms with Crippen molar-refractivity contribution in [3.8, 4) is 0 Å². The summed E-state index contributed by atoms with van der Waals surface area (Å²) >= 11 is 0. The van der Waals surface area contributed by atoms with Gasteiger partial charge in [-0.3, -0.25) is 9.59 Å². The molecule has 0 aromatic heterocycles. The number of hydrogen-bond acceptors (Lipinski definition) is 4. The van der Waals surface area contributed by atoms with Gasteiger partial charge < -0.3 is 22.1 Å². The highest BCUT2D eigenvalue weighted by atomic mass is 16.2. The second-order valence-corrected chi connectivity index (χ2v) is 5.81. The molecule has 6 nitrogen and oxygen atoms in total. The summed E-state index contributed by atoms with van der Waals surface area (Å²) < 4.78 is 0. The zero-order valence-corrected chi connectivity index (χ0v) is 11.4. The van der Waals surface area contributed by atoms with E-state index >= 15 is 0 Å². The predicted octanol–water partition coefficient (Wildman–Crippen LogP) is -0.774. The maximum absolute atomic E-state index is 12.0. The van der Waals surface area contributed by atoms with Crippen molar-refractivity contribution in [2.75, 3.05) is 7.05 Å². The molecule has 0 spiro atoms. The van der Waals surface area contributed by atoms with E-state index in [0.29, 0.717) is 24.8 Å². The summed E-state index contributed by atoms with van der Waals surface area (Å²) in [7, 11) is 1.70. The summed E-state index contributed by atoms with van der Waals surface area (Å²) in [6.07, 6.45) is 5.37. The zero-order chi connectivity index (χ0) is 14.0. The number of amides is 2. The Bertz CT molecular complexity index is 366. The maximum atomic E-state index is 12.0. The Morgan fingerprint density at radius 1 is 1.26 bits per heavy atom. The SMILES string of the molecule is CNC(CCC(NC1CC1)(C(N)=O)C1CC1)C(N)=O. The van der Waals surface area contributed by atoms with Crippen molar-refractivity contribution in [3.05, 3.63) is 0 Å². The molecule has 2 fully saturated rings. The van der Waals surface area contributed by atoms with Crippen LogP contribution in [-0.2, 0) is 9.59 Å². The van der Waals surface area contributed by atoms with Gasteiger partial charge >= 0.3 is 0 Å². The second kappa shape index (κ2) is 5.46. The molecule has 0 saturated heterocycles. The molecule has 2 rings (SSSR count). The Hall–Kier alpha value is -1.14. The number of primary amides is 2. The van der Waals surface area contributed by atoms with E-state index in [9.17, 15) is 9.59 Å². The van der Waals surface area contributed by atoms with Gasteiger partial charge in [0.05, 0.1) is 6.04 Å². The number of hydrogen-bond donors (Lipinski definition) is 4. The minimum Gasteiger partial charge on any atom is -0.368 e. The summed E-state index contributed by atoms with van der Waals surface area (Å²) in [4.78, 5) is 23.2. The van der Waals surface area contributed by atoms with Crippen molar-refractivity contribution in [1.82, 2.24) is 10.6 Å². The largest absolute Gasteiger partial charge is 0.368 e. The Balaban J connectivity index is 2.03. The van der Waals surface area contributed by atoms with Gasteiger partial charge in [0.25, 0.3) is 0 Å². The van der Waals surface area contributed by atoms with Crippen LogP contribution in [0.15, 0.2) is 0 Å². The minimum absolute atomic E-state index is 0.291. The maximum Gasteiger partial charge on any atom is 0.238 e. The minimum atomic E-state index is -0.647. The highest BCUT2D eigenvalue weighted by Crippen LogP contribution is 2.44. The first-order valence-electron chi connectivity index (χ1n) is 7.04. The highest BCUT2D eigenvalue weighted by molar-refractivity contribution is 5.86. The first-order valence-corrected chi connectivity index (χ1v) is 7.04. The lowest BCUT2D eigenvalue weighted by atomic mass is 9.85. The summed E-state index contributed by atoms with van der Waals surface area (Å²) in [5.41, 5.74) is 10.3. The summed E-state index contributed by atoms with van der Waals surface area (Å²) in [5.74, 6) is -0.361. The monoisotopic (exact) mass is 268 g/mol. The number of nitrogens with two attached hydrogens (primary N) is 2. The second-order valence-electron chi connectivity index (χ2n) is 5.81. The molecule has 19 heavy (non-hydrogen) atoms. The summed E-state index contributed by atoms with van der Waals surface area (Å²) in [5, 5.41) is 6.32. The molecule has 0 aromatic carbocycles. The molecule has 2 aliphatic rings. The number of carbonyl (C=O) groups excluding carboxylic acids is 2. The van der Waals surface area contributed by atoms with Crippen LogP contribution in [0.5, 0.6) is 0 Å². The van der Waals surface area contributed by atoms with Gasteiger partial charge in [-0.2, -0.15) is 0 Å². The third-order valence-corrected chi connectivity index (χ3v) is 4.27. The fraction of sp³-hybridized carbons (Fsp3) is 0.846. The normalized spacial score (nSPS) is 23.6. The molecule has 2 amide bonds. The van der Waals surface area contributed by atoms with Crippen molar-refractivity contribution in [3.63, 3.8) is 0 Å². The quantitative estimate of drug-likeness (QED) is 0.440. The van der Waals surface area contributed by atoms with Gasteiger partial charge in [0.1, 0.15) is 5.54 Å². The van der Waals surface area contributed by atoms with Crippen LogP contribution < -0.4 is 22.1 Å². The molecular formula is C13H24N4O2. The molecule has 6 heteroatoms. The van der Waals surface area contributed by atoms with Crippen LogP contribution in [0.1, 0.15) is 38.5 Å². The van der Waals surface area contributed by atoms with Crippen LogP contribution in [-0.4, -0.2) is 36.5 Å². The molecule has 0 aromatic rings. The Labute approximate surface area is 113 Å². The van der Waals surface area contributed by atoms with E-state index in [2.05, 4.69) is 10.6 Å². The van der Waals surface area contributed by atoms with E-state index in [1.807, 2.05) is 0 Å². The lowest BCUT2D eigenvalue weighted by molar-refractivity contribution is -0.126. The van der Waals surface area contributed by atoms with Crippen molar-refractivity contribution >= 4 is 11.8 Å². The van der Waals surface area contributed by atoms with E-state index in [4.69, 9.17) is 11.5 Å². The van der Waals surface area contributed by atoms with Crippen LogP contribution in [0.3, 0.4) is 0 Å². The molecule has 0 heterocycles. The zero-order valence-electron chi connectivity index (χ0n) is 11.4. The molecule has 0 radical (unpaired) electrons. The van der Waals surface area contributed by atoms with Gasteiger partial charge in [-0.25, -0.2) is 0 Å². The summed E-state index contributed by atoms with van der Waals surface area (Å²) in [6, 6.07) is 0.00759. The van der Waals surface area contributed by atoms with E-state index in [1.165, 1.54) is 0 Å². The van der Waals surface area contributed by atoms with Gasteiger partial charge in [0.15, 0.2) is 0 Å². The fourth-order valence-electron chi connectivity index (χ4n) is 2.76. The topological polar surface area (TPSA) is 110 Å². The fourth-order valence-corrected chi connectivity index (χ4v) is 2.76. The smallest absolute Gasteiger partial charge is 0.238 e. The van der Waals surface area contributed by atoms with Gasteiger partial charge in [0, 0.05) is 6.04 Å². The molecule has 2 atom stereocenters. The average Bonchev–Trinajstić information content (AvgIpc) is 3.20. The number of likely N-dealkylation sites (N-methyl/N-ethyl adjacent to an activating group) is 1. The van der Waals surface area contributed by atoms with Crippen LogP contribution in [0.25, 0.3) is 0 Å². The number of carbonyl (C=O) groups is 2. The van der Waals surface area contributed by atoms with Crippen LogP contribution in [0.4, 0.5) is 0 Å². The first-order chi connectivity index (χ1) is 8.99. The van der Waals surface area contributed by atoms with Crippen LogP contribution in [0, 0.1) is 5.92 Å². The van der Waals surface area contributed by atoms with E-state index in [0.717, 1.165) is 25.7 Å². The molecule has 108 valence electrons. The summed E-state index contributed by atoms with van der Waals surface area (Å²) in [6.45, 7) is 0.